The summed E-state index contributed by atoms with van der Waals surface area (Å²) < 4.78 is 2.54. The summed E-state index contributed by atoms with van der Waals surface area (Å²) in [5, 5.41) is 10.2. The first-order valence-corrected chi connectivity index (χ1v) is 17.5. The Morgan fingerprint density at radius 2 is 0.840 bits per heavy atom. The lowest BCUT2D eigenvalue weighted by Crippen LogP contribution is -2.28. The number of rotatable bonds is 3. The van der Waals surface area contributed by atoms with Crippen LogP contribution in [0.3, 0.4) is 0 Å². The fourth-order valence-electron chi connectivity index (χ4n) is 9.29. The van der Waals surface area contributed by atoms with E-state index < -0.39 is 5.41 Å². The maximum atomic E-state index is 2.54. The Morgan fingerprint density at radius 3 is 1.52 bits per heavy atom. The highest BCUT2D eigenvalue weighted by Gasteiger charge is 2.46. The van der Waals surface area contributed by atoms with Crippen LogP contribution in [0.15, 0.2) is 188 Å². The number of aromatic nitrogens is 1. The van der Waals surface area contributed by atoms with E-state index in [1.165, 1.54) is 93.2 Å². The number of benzene rings is 9. The monoisotopic (exact) mass is 633 g/mol. The first kappa shape index (κ1) is 27.5. The molecule has 11 rings (SSSR count). The maximum absolute atomic E-state index is 2.54. The molecule has 1 aliphatic rings. The summed E-state index contributed by atoms with van der Waals surface area (Å²) in [7, 11) is 0. The molecule has 10 aromatic rings. The SMILES string of the molecule is c1ccc(C2(c3ccccc3)c3ccccc3-c3cc4c5ccccc5n(-c5cccc6c7ccccc7c7ccccc7c56)c4cc32)cc1. The Bertz CT molecular complexity index is 2880. The predicted molar refractivity (Wildman–Crippen MR) is 211 cm³/mol. The minimum atomic E-state index is -0.467. The van der Waals surface area contributed by atoms with E-state index in [0.29, 0.717) is 0 Å². The van der Waals surface area contributed by atoms with Gasteiger partial charge in [0.1, 0.15) is 0 Å². The predicted octanol–water partition coefficient (Wildman–Crippen LogP) is 12.6. The highest BCUT2D eigenvalue weighted by atomic mass is 15.0. The summed E-state index contributed by atoms with van der Waals surface area (Å²) in [6.45, 7) is 0. The third-order valence-electron chi connectivity index (χ3n) is 11.2. The van der Waals surface area contributed by atoms with Crippen LogP contribution in [0.25, 0.3) is 70.9 Å². The quantitative estimate of drug-likeness (QED) is 0.171. The van der Waals surface area contributed by atoms with Gasteiger partial charge in [-0.1, -0.05) is 164 Å². The molecule has 9 aromatic carbocycles. The van der Waals surface area contributed by atoms with Crippen molar-refractivity contribution in [3.63, 3.8) is 0 Å². The van der Waals surface area contributed by atoms with Gasteiger partial charge in [0.15, 0.2) is 0 Å². The molecule has 0 radical (unpaired) electrons. The Labute approximate surface area is 290 Å². The number of fused-ring (bicyclic) bond motifs is 12. The summed E-state index contributed by atoms with van der Waals surface area (Å²) in [6, 6.07) is 69.8. The molecule has 1 aromatic heterocycles. The molecule has 0 spiro atoms. The average Bonchev–Trinajstić information content (AvgIpc) is 3.67. The molecule has 0 atom stereocenters. The molecule has 0 bridgehead atoms. The van der Waals surface area contributed by atoms with Gasteiger partial charge in [0.2, 0.25) is 0 Å². The van der Waals surface area contributed by atoms with Gasteiger partial charge in [0.05, 0.1) is 22.1 Å². The number of hydrogen-bond donors (Lipinski definition) is 0. The molecule has 0 saturated carbocycles. The van der Waals surface area contributed by atoms with Gasteiger partial charge in [-0.15, -0.1) is 0 Å². The molecule has 0 unspecified atom stereocenters. The van der Waals surface area contributed by atoms with Crippen molar-refractivity contribution >= 4 is 54.1 Å². The molecule has 0 fully saturated rings. The van der Waals surface area contributed by atoms with E-state index in [2.05, 4.69) is 193 Å². The molecule has 0 amide bonds. The van der Waals surface area contributed by atoms with Crippen LogP contribution in [0.5, 0.6) is 0 Å². The van der Waals surface area contributed by atoms with Gasteiger partial charge in [-0.3, -0.25) is 0 Å². The molecule has 1 nitrogen and oxygen atoms in total. The van der Waals surface area contributed by atoms with Crippen LogP contribution in [0.2, 0.25) is 0 Å². The average molecular weight is 634 g/mol. The van der Waals surface area contributed by atoms with Crippen molar-refractivity contribution in [2.24, 2.45) is 0 Å². The van der Waals surface area contributed by atoms with Gasteiger partial charge in [0.25, 0.3) is 0 Å². The van der Waals surface area contributed by atoms with E-state index in [9.17, 15) is 0 Å². The molecular weight excluding hydrogens is 603 g/mol. The van der Waals surface area contributed by atoms with E-state index >= 15 is 0 Å². The summed E-state index contributed by atoms with van der Waals surface area (Å²) >= 11 is 0. The van der Waals surface area contributed by atoms with Crippen LogP contribution in [0, 0.1) is 0 Å². The first-order valence-electron chi connectivity index (χ1n) is 17.5. The second-order valence-electron chi connectivity index (χ2n) is 13.6. The van der Waals surface area contributed by atoms with Crippen LogP contribution in [0.4, 0.5) is 0 Å². The molecular formula is C49H31N. The lowest BCUT2D eigenvalue weighted by Gasteiger charge is -2.34. The Morgan fingerprint density at radius 1 is 0.320 bits per heavy atom. The van der Waals surface area contributed by atoms with E-state index in [0.717, 1.165) is 0 Å². The maximum Gasteiger partial charge on any atom is 0.0714 e. The minimum absolute atomic E-state index is 0.467. The van der Waals surface area contributed by atoms with Crippen molar-refractivity contribution in [1.82, 2.24) is 4.57 Å². The zero-order valence-electron chi connectivity index (χ0n) is 27.3. The van der Waals surface area contributed by atoms with Crippen molar-refractivity contribution in [1.29, 1.82) is 0 Å². The van der Waals surface area contributed by atoms with Crippen LogP contribution in [-0.2, 0) is 5.41 Å². The lowest BCUT2D eigenvalue weighted by molar-refractivity contribution is 0.769. The lowest BCUT2D eigenvalue weighted by atomic mass is 9.67. The Balaban J connectivity index is 1.34. The summed E-state index contributed by atoms with van der Waals surface area (Å²) in [5.74, 6) is 0. The molecule has 1 heterocycles. The molecule has 232 valence electrons. The Hall–Kier alpha value is -6.44. The standard InChI is InChI=1S/C49H31N/c1-3-16-32(17-4-1)49(33-18-5-2-6-19-33)43-27-13-11-23-37(43)41-30-42-38-24-12-14-28-45(38)50(47(42)31-44(41)49)46-29-15-26-40-36-21-8-7-20-34(36)35-22-9-10-25-39(35)48(40)46/h1-31H. The van der Waals surface area contributed by atoms with Crippen LogP contribution in [-0.4, -0.2) is 4.57 Å². The number of hydrogen-bond acceptors (Lipinski definition) is 0. The van der Waals surface area contributed by atoms with E-state index in [1.54, 1.807) is 0 Å². The normalized spacial score (nSPS) is 13.4. The topological polar surface area (TPSA) is 4.93 Å². The smallest absolute Gasteiger partial charge is 0.0714 e. The van der Waals surface area contributed by atoms with Crippen LogP contribution < -0.4 is 0 Å². The summed E-state index contributed by atoms with van der Waals surface area (Å²) in [5.41, 5.74) is 11.0. The van der Waals surface area contributed by atoms with Gasteiger partial charge >= 0.3 is 0 Å². The first-order chi connectivity index (χ1) is 24.8. The van der Waals surface area contributed by atoms with Crippen LogP contribution in [0.1, 0.15) is 22.3 Å². The molecule has 1 aliphatic carbocycles. The van der Waals surface area contributed by atoms with Gasteiger partial charge in [0, 0.05) is 16.2 Å². The highest BCUT2D eigenvalue weighted by molar-refractivity contribution is 6.28. The summed E-state index contributed by atoms with van der Waals surface area (Å²) in [6.07, 6.45) is 0. The van der Waals surface area contributed by atoms with Gasteiger partial charge in [-0.2, -0.15) is 0 Å². The van der Waals surface area contributed by atoms with E-state index in [1.807, 2.05) is 0 Å². The van der Waals surface area contributed by atoms with Gasteiger partial charge < -0.3 is 4.57 Å². The number of para-hydroxylation sites is 1. The third-order valence-corrected chi connectivity index (χ3v) is 11.2. The fraction of sp³-hybridized carbons (Fsp3) is 0.0204. The molecule has 0 aliphatic heterocycles. The Kier molecular flexibility index (Phi) is 5.66. The highest BCUT2D eigenvalue weighted by Crippen LogP contribution is 2.57. The van der Waals surface area contributed by atoms with Crippen molar-refractivity contribution in [3.05, 3.63) is 210 Å². The third kappa shape index (κ3) is 3.51. The van der Waals surface area contributed by atoms with E-state index in [4.69, 9.17) is 0 Å². The van der Waals surface area contributed by atoms with Crippen LogP contribution >= 0.6 is 0 Å². The largest absolute Gasteiger partial charge is 0.309 e. The molecule has 1 heteroatoms. The zero-order chi connectivity index (χ0) is 32.8. The fourth-order valence-corrected chi connectivity index (χ4v) is 9.29. The van der Waals surface area contributed by atoms with Crippen molar-refractivity contribution < 1.29 is 0 Å². The van der Waals surface area contributed by atoms with Crippen molar-refractivity contribution in [2.75, 3.05) is 0 Å². The molecule has 50 heavy (non-hydrogen) atoms. The second-order valence-corrected chi connectivity index (χ2v) is 13.6. The zero-order valence-corrected chi connectivity index (χ0v) is 27.3. The number of nitrogens with zero attached hydrogens (tertiary/aromatic N) is 1. The van der Waals surface area contributed by atoms with E-state index in [-0.39, 0.29) is 0 Å². The van der Waals surface area contributed by atoms with Crippen molar-refractivity contribution in [3.8, 4) is 16.8 Å². The second kappa shape index (κ2) is 10.3. The summed E-state index contributed by atoms with van der Waals surface area (Å²) in [4.78, 5) is 0. The minimum Gasteiger partial charge on any atom is -0.309 e. The van der Waals surface area contributed by atoms with Gasteiger partial charge in [-0.25, -0.2) is 0 Å². The molecule has 0 saturated heterocycles. The van der Waals surface area contributed by atoms with Gasteiger partial charge in [-0.05, 0) is 84.6 Å². The molecule has 0 N–H and O–H groups in total. The van der Waals surface area contributed by atoms with Crippen molar-refractivity contribution in [2.45, 2.75) is 5.41 Å².